The maximum absolute atomic E-state index is 11.8. The van der Waals surface area contributed by atoms with Crippen molar-refractivity contribution < 1.29 is 9.21 Å². The van der Waals surface area contributed by atoms with Gasteiger partial charge in [-0.25, -0.2) is 4.98 Å². The number of nitrogens with one attached hydrogen (secondary N) is 2. The molecule has 2 N–H and O–H groups in total. The first-order valence-electron chi connectivity index (χ1n) is 6.89. The molecule has 104 valence electrons. The molecule has 0 saturated heterocycles. The predicted molar refractivity (Wildman–Crippen MR) is 76.8 cm³/mol. The topological polar surface area (TPSA) is 67.2 Å². The molecule has 0 radical (unpaired) electrons. The van der Waals surface area contributed by atoms with Gasteiger partial charge in [0.05, 0.1) is 18.1 Å². The molecule has 2 aromatic rings. The summed E-state index contributed by atoms with van der Waals surface area (Å²) in [6.45, 7) is 0. The summed E-state index contributed by atoms with van der Waals surface area (Å²) in [6, 6.07) is 7.57. The van der Waals surface area contributed by atoms with E-state index >= 15 is 0 Å². The van der Waals surface area contributed by atoms with Gasteiger partial charge in [0, 0.05) is 6.04 Å². The maximum atomic E-state index is 11.8. The smallest absolute Gasteiger partial charge is 0.292 e. The van der Waals surface area contributed by atoms with E-state index in [0.29, 0.717) is 11.9 Å². The molecular formula is C15H17N3O2. The first-order chi connectivity index (χ1) is 9.81. The second-order valence-corrected chi connectivity index (χ2v) is 4.99. The number of carbonyl (C=O) groups is 1. The Balaban J connectivity index is 1.59. The molecule has 2 aromatic heterocycles. The quantitative estimate of drug-likeness (QED) is 0.895. The third-order valence-electron chi connectivity index (χ3n) is 3.48. The van der Waals surface area contributed by atoms with Crippen molar-refractivity contribution in [3.63, 3.8) is 0 Å². The summed E-state index contributed by atoms with van der Waals surface area (Å²) in [5.74, 6) is 0.502. The number of hydrogen-bond acceptors (Lipinski definition) is 4. The van der Waals surface area contributed by atoms with Crippen LogP contribution in [0.3, 0.4) is 0 Å². The number of amides is 1. The van der Waals surface area contributed by atoms with Gasteiger partial charge in [0.15, 0.2) is 5.76 Å². The fourth-order valence-corrected chi connectivity index (χ4v) is 2.44. The highest BCUT2D eigenvalue weighted by molar-refractivity contribution is 6.01. The van der Waals surface area contributed by atoms with Gasteiger partial charge >= 0.3 is 0 Å². The number of rotatable bonds is 4. The van der Waals surface area contributed by atoms with Crippen molar-refractivity contribution in [2.75, 3.05) is 10.6 Å². The lowest BCUT2D eigenvalue weighted by molar-refractivity contribution is 0.0996. The number of nitrogens with zero attached hydrogens (tertiary/aromatic N) is 1. The summed E-state index contributed by atoms with van der Waals surface area (Å²) in [4.78, 5) is 16.0. The minimum Gasteiger partial charge on any atom is -0.459 e. The zero-order chi connectivity index (χ0) is 13.8. The highest BCUT2D eigenvalue weighted by Crippen LogP contribution is 2.22. The van der Waals surface area contributed by atoms with Gasteiger partial charge in [-0.15, -0.1) is 0 Å². The minimum atomic E-state index is -0.293. The molecule has 0 atom stereocenters. The molecule has 20 heavy (non-hydrogen) atoms. The highest BCUT2D eigenvalue weighted by atomic mass is 16.3. The van der Waals surface area contributed by atoms with E-state index in [4.69, 9.17) is 4.42 Å². The molecule has 1 fully saturated rings. The van der Waals surface area contributed by atoms with Crippen LogP contribution in [0.2, 0.25) is 0 Å². The number of pyridine rings is 1. The van der Waals surface area contributed by atoms with Crippen LogP contribution in [0.1, 0.15) is 36.2 Å². The second-order valence-electron chi connectivity index (χ2n) is 4.99. The Morgan fingerprint density at radius 2 is 2.10 bits per heavy atom. The molecule has 1 aliphatic rings. The summed E-state index contributed by atoms with van der Waals surface area (Å²) in [5, 5.41) is 6.15. The molecule has 1 saturated carbocycles. The van der Waals surface area contributed by atoms with Crippen molar-refractivity contribution in [3.8, 4) is 0 Å². The van der Waals surface area contributed by atoms with Crippen molar-refractivity contribution in [3.05, 3.63) is 42.5 Å². The van der Waals surface area contributed by atoms with Crippen LogP contribution < -0.4 is 10.6 Å². The van der Waals surface area contributed by atoms with Gasteiger partial charge in [-0.1, -0.05) is 12.8 Å². The number of hydrogen-bond donors (Lipinski definition) is 2. The summed E-state index contributed by atoms with van der Waals surface area (Å²) in [7, 11) is 0. The third-order valence-corrected chi connectivity index (χ3v) is 3.48. The normalized spacial score (nSPS) is 15.2. The molecule has 0 aromatic carbocycles. The van der Waals surface area contributed by atoms with E-state index in [2.05, 4.69) is 15.6 Å². The average Bonchev–Trinajstić information content (AvgIpc) is 3.13. The predicted octanol–water partition coefficient (Wildman–Crippen LogP) is 3.28. The SMILES string of the molecule is O=C(Nc1ccc(NC2CCCC2)cn1)c1ccco1. The highest BCUT2D eigenvalue weighted by Gasteiger charge is 2.14. The fraction of sp³-hybridized carbons (Fsp3) is 0.333. The molecule has 1 aliphatic carbocycles. The van der Waals surface area contributed by atoms with E-state index < -0.39 is 0 Å². The van der Waals surface area contributed by atoms with Crippen LogP contribution in [-0.4, -0.2) is 16.9 Å². The number of anilines is 2. The fourth-order valence-electron chi connectivity index (χ4n) is 2.44. The van der Waals surface area contributed by atoms with E-state index in [1.807, 2.05) is 6.07 Å². The van der Waals surface area contributed by atoms with Gasteiger partial charge in [-0.2, -0.15) is 0 Å². The molecular weight excluding hydrogens is 254 g/mol. The molecule has 5 nitrogen and oxygen atoms in total. The summed E-state index contributed by atoms with van der Waals surface area (Å²) < 4.78 is 5.03. The molecule has 2 heterocycles. The molecule has 0 aliphatic heterocycles. The molecule has 1 amide bonds. The lowest BCUT2D eigenvalue weighted by Gasteiger charge is -2.13. The Morgan fingerprint density at radius 1 is 1.25 bits per heavy atom. The molecule has 0 unspecified atom stereocenters. The third kappa shape index (κ3) is 2.99. The minimum absolute atomic E-state index is 0.278. The van der Waals surface area contributed by atoms with Crippen LogP contribution >= 0.6 is 0 Å². The Kier molecular flexibility index (Phi) is 3.67. The van der Waals surface area contributed by atoms with Gasteiger partial charge in [0.25, 0.3) is 5.91 Å². The second kappa shape index (κ2) is 5.77. The van der Waals surface area contributed by atoms with Crippen molar-refractivity contribution >= 4 is 17.4 Å². The van der Waals surface area contributed by atoms with Crippen LogP contribution in [0.5, 0.6) is 0 Å². The van der Waals surface area contributed by atoms with Crippen molar-refractivity contribution in [1.29, 1.82) is 0 Å². The largest absolute Gasteiger partial charge is 0.459 e. The van der Waals surface area contributed by atoms with E-state index in [9.17, 15) is 4.79 Å². The number of furan rings is 1. The Bertz CT molecular complexity index is 557. The van der Waals surface area contributed by atoms with Crippen LogP contribution in [0.4, 0.5) is 11.5 Å². The van der Waals surface area contributed by atoms with E-state index in [1.165, 1.54) is 31.9 Å². The zero-order valence-electron chi connectivity index (χ0n) is 11.1. The number of carbonyl (C=O) groups excluding carboxylic acids is 1. The van der Waals surface area contributed by atoms with Crippen LogP contribution in [-0.2, 0) is 0 Å². The average molecular weight is 271 g/mol. The van der Waals surface area contributed by atoms with Gasteiger partial charge < -0.3 is 15.1 Å². The van der Waals surface area contributed by atoms with Gasteiger partial charge in [-0.3, -0.25) is 4.79 Å². The summed E-state index contributed by atoms with van der Waals surface area (Å²) in [6.07, 6.45) is 8.24. The number of aromatic nitrogens is 1. The standard InChI is InChI=1S/C15H17N3O2/c19-15(13-6-3-9-20-13)18-14-8-7-12(10-16-14)17-11-4-1-2-5-11/h3,6-11,17H,1-2,4-5H2,(H,16,18,19). The van der Waals surface area contributed by atoms with E-state index in [1.54, 1.807) is 24.4 Å². The molecule has 0 bridgehead atoms. The Labute approximate surface area is 117 Å². The molecule has 3 rings (SSSR count). The zero-order valence-corrected chi connectivity index (χ0v) is 11.1. The van der Waals surface area contributed by atoms with Crippen molar-refractivity contribution in [2.24, 2.45) is 0 Å². The van der Waals surface area contributed by atoms with Gasteiger partial charge in [0.2, 0.25) is 0 Å². The maximum Gasteiger partial charge on any atom is 0.292 e. The first kappa shape index (κ1) is 12.7. The van der Waals surface area contributed by atoms with Crippen LogP contribution in [0.25, 0.3) is 0 Å². The molecule has 5 heteroatoms. The Morgan fingerprint density at radius 3 is 2.75 bits per heavy atom. The van der Waals surface area contributed by atoms with Gasteiger partial charge in [-0.05, 0) is 37.1 Å². The first-order valence-corrected chi connectivity index (χ1v) is 6.89. The van der Waals surface area contributed by atoms with Crippen LogP contribution in [0, 0.1) is 0 Å². The van der Waals surface area contributed by atoms with E-state index in [0.717, 1.165) is 5.69 Å². The Hall–Kier alpha value is -2.30. The van der Waals surface area contributed by atoms with Crippen LogP contribution in [0.15, 0.2) is 41.1 Å². The lowest BCUT2D eigenvalue weighted by atomic mass is 10.2. The van der Waals surface area contributed by atoms with Gasteiger partial charge in [0.1, 0.15) is 5.82 Å². The summed E-state index contributed by atoms with van der Waals surface area (Å²) >= 11 is 0. The monoisotopic (exact) mass is 271 g/mol. The molecule has 0 spiro atoms. The lowest BCUT2D eigenvalue weighted by Crippen LogP contribution is -2.15. The van der Waals surface area contributed by atoms with Crippen molar-refractivity contribution in [2.45, 2.75) is 31.7 Å². The van der Waals surface area contributed by atoms with Crippen molar-refractivity contribution in [1.82, 2.24) is 4.98 Å². The van der Waals surface area contributed by atoms with E-state index in [-0.39, 0.29) is 11.7 Å². The summed E-state index contributed by atoms with van der Waals surface area (Å²) in [5.41, 5.74) is 0.993.